The van der Waals surface area contributed by atoms with Gasteiger partial charge in [0.1, 0.15) is 4.99 Å². The standard InChI is InChI=1S/C14H23N3S2/c1-16(2)9-6-10-17(3)11-7-5-8-12(19-4)13(11)14(15)18/h5,7-8H,6,9-10H2,1-4H3,(H2,15,18). The molecule has 0 fully saturated rings. The minimum Gasteiger partial charge on any atom is -0.389 e. The molecule has 0 aliphatic heterocycles. The van der Waals surface area contributed by atoms with Crippen LogP contribution in [-0.4, -0.2) is 50.4 Å². The first-order valence-corrected chi connectivity index (χ1v) is 7.93. The molecule has 19 heavy (non-hydrogen) atoms. The van der Waals surface area contributed by atoms with E-state index in [4.69, 9.17) is 18.0 Å². The van der Waals surface area contributed by atoms with Gasteiger partial charge in [-0.15, -0.1) is 11.8 Å². The molecule has 1 rings (SSSR count). The number of nitrogens with two attached hydrogens (primary N) is 1. The van der Waals surface area contributed by atoms with Gasteiger partial charge in [0.15, 0.2) is 0 Å². The molecule has 0 aliphatic carbocycles. The van der Waals surface area contributed by atoms with Crippen LogP contribution in [0.15, 0.2) is 23.1 Å². The minimum atomic E-state index is 0.472. The third kappa shape index (κ3) is 4.67. The number of thioether (sulfide) groups is 1. The Bertz CT molecular complexity index is 433. The first-order chi connectivity index (χ1) is 8.97. The summed E-state index contributed by atoms with van der Waals surface area (Å²) in [6.45, 7) is 2.07. The molecule has 1 aromatic carbocycles. The van der Waals surface area contributed by atoms with Crippen molar-refractivity contribution >= 4 is 34.7 Å². The monoisotopic (exact) mass is 297 g/mol. The van der Waals surface area contributed by atoms with Gasteiger partial charge < -0.3 is 15.5 Å². The number of benzene rings is 1. The summed E-state index contributed by atoms with van der Waals surface area (Å²) in [5, 5.41) is 0. The maximum atomic E-state index is 5.89. The maximum absolute atomic E-state index is 5.89. The Morgan fingerprint density at radius 2 is 1.95 bits per heavy atom. The Morgan fingerprint density at radius 1 is 1.26 bits per heavy atom. The Balaban J connectivity index is 2.89. The Morgan fingerprint density at radius 3 is 2.47 bits per heavy atom. The van der Waals surface area contributed by atoms with E-state index in [1.807, 2.05) is 6.26 Å². The predicted octanol–water partition coefficient (Wildman–Crippen LogP) is 2.43. The average molecular weight is 297 g/mol. The zero-order chi connectivity index (χ0) is 14.4. The van der Waals surface area contributed by atoms with Crippen LogP contribution in [0.5, 0.6) is 0 Å². The molecule has 0 radical (unpaired) electrons. The van der Waals surface area contributed by atoms with Gasteiger partial charge in [-0.3, -0.25) is 0 Å². The first-order valence-electron chi connectivity index (χ1n) is 6.30. The van der Waals surface area contributed by atoms with Gasteiger partial charge in [0.2, 0.25) is 0 Å². The third-order valence-electron chi connectivity index (χ3n) is 2.98. The van der Waals surface area contributed by atoms with Crippen molar-refractivity contribution in [1.29, 1.82) is 0 Å². The van der Waals surface area contributed by atoms with Crippen molar-refractivity contribution in [1.82, 2.24) is 4.90 Å². The van der Waals surface area contributed by atoms with Gasteiger partial charge in [-0.2, -0.15) is 0 Å². The molecular weight excluding hydrogens is 274 g/mol. The molecule has 0 saturated carbocycles. The second-order valence-electron chi connectivity index (χ2n) is 4.80. The summed E-state index contributed by atoms with van der Waals surface area (Å²) in [5.74, 6) is 0. The van der Waals surface area contributed by atoms with Gasteiger partial charge >= 0.3 is 0 Å². The lowest BCUT2D eigenvalue weighted by Gasteiger charge is -2.24. The zero-order valence-electron chi connectivity index (χ0n) is 12.1. The molecule has 0 aromatic heterocycles. The van der Waals surface area contributed by atoms with Crippen LogP contribution in [-0.2, 0) is 0 Å². The molecule has 0 aliphatic rings. The highest BCUT2D eigenvalue weighted by Gasteiger charge is 2.13. The topological polar surface area (TPSA) is 32.5 Å². The second kappa shape index (κ2) is 7.72. The lowest BCUT2D eigenvalue weighted by molar-refractivity contribution is 0.401. The van der Waals surface area contributed by atoms with Gasteiger partial charge in [0.25, 0.3) is 0 Å². The van der Waals surface area contributed by atoms with E-state index in [9.17, 15) is 0 Å². The van der Waals surface area contributed by atoms with Crippen LogP contribution in [0.1, 0.15) is 12.0 Å². The third-order valence-corrected chi connectivity index (χ3v) is 3.96. The van der Waals surface area contributed by atoms with Crippen molar-refractivity contribution in [3.63, 3.8) is 0 Å². The number of hydrogen-bond acceptors (Lipinski definition) is 4. The fourth-order valence-electron chi connectivity index (χ4n) is 2.00. The molecule has 0 saturated heterocycles. The number of rotatable bonds is 7. The molecule has 106 valence electrons. The highest BCUT2D eigenvalue weighted by molar-refractivity contribution is 7.98. The van der Waals surface area contributed by atoms with E-state index in [2.05, 4.69) is 49.1 Å². The summed E-state index contributed by atoms with van der Waals surface area (Å²) >= 11 is 6.89. The number of hydrogen-bond donors (Lipinski definition) is 1. The van der Waals surface area contributed by atoms with Gasteiger partial charge in [0.05, 0.1) is 0 Å². The summed E-state index contributed by atoms with van der Waals surface area (Å²) in [6, 6.07) is 6.21. The molecule has 3 nitrogen and oxygen atoms in total. The van der Waals surface area contributed by atoms with Gasteiger partial charge in [-0.05, 0) is 45.4 Å². The van der Waals surface area contributed by atoms with Gasteiger partial charge in [-0.25, -0.2) is 0 Å². The van der Waals surface area contributed by atoms with E-state index in [1.54, 1.807) is 11.8 Å². The van der Waals surface area contributed by atoms with E-state index >= 15 is 0 Å². The van der Waals surface area contributed by atoms with E-state index in [1.165, 1.54) is 0 Å². The van der Waals surface area contributed by atoms with Crippen LogP contribution in [0.25, 0.3) is 0 Å². The first kappa shape index (κ1) is 16.3. The quantitative estimate of drug-likeness (QED) is 0.617. The molecule has 0 spiro atoms. The summed E-state index contributed by atoms with van der Waals surface area (Å²) in [7, 11) is 6.28. The Hall–Kier alpha value is -0.780. The van der Waals surface area contributed by atoms with E-state index in [-0.39, 0.29) is 0 Å². The number of nitrogens with zero attached hydrogens (tertiary/aromatic N) is 2. The molecule has 1 aromatic rings. The molecular formula is C14H23N3S2. The van der Waals surface area contributed by atoms with Crippen LogP contribution < -0.4 is 10.6 Å². The number of anilines is 1. The Kier molecular flexibility index (Phi) is 6.62. The Labute approximate surface area is 126 Å². The van der Waals surface area contributed by atoms with Crippen molar-refractivity contribution in [2.45, 2.75) is 11.3 Å². The molecule has 0 bridgehead atoms. The van der Waals surface area contributed by atoms with Crippen LogP contribution >= 0.6 is 24.0 Å². The summed E-state index contributed by atoms with van der Waals surface area (Å²) in [4.78, 5) is 6.04. The fraction of sp³-hybridized carbons (Fsp3) is 0.500. The van der Waals surface area contributed by atoms with Crippen LogP contribution in [0.3, 0.4) is 0 Å². The SMILES string of the molecule is CSc1cccc(N(C)CCCN(C)C)c1C(N)=S. The molecule has 0 heterocycles. The minimum absolute atomic E-state index is 0.472. The normalized spacial score (nSPS) is 10.8. The van der Waals surface area contributed by atoms with Crippen LogP contribution in [0.4, 0.5) is 5.69 Å². The molecule has 2 N–H and O–H groups in total. The lowest BCUT2D eigenvalue weighted by atomic mass is 10.1. The molecule has 0 amide bonds. The lowest BCUT2D eigenvalue weighted by Crippen LogP contribution is -2.26. The predicted molar refractivity (Wildman–Crippen MR) is 90.6 cm³/mol. The van der Waals surface area contributed by atoms with E-state index in [0.717, 1.165) is 35.7 Å². The van der Waals surface area contributed by atoms with Gasteiger partial charge in [-0.1, -0.05) is 18.3 Å². The summed E-state index contributed by atoms with van der Waals surface area (Å²) in [6.07, 6.45) is 3.16. The smallest absolute Gasteiger partial charge is 0.107 e. The fourth-order valence-corrected chi connectivity index (χ4v) is 2.91. The maximum Gasteiger partial charge on any atom is 0.107 e. The van der Waals surface area contributed by atoms with Crippen molar-refractivity contribution < 1.29 is 0 Å². The summed E-state index contributed by atoms with van der Waals surface area (Å²) in [5.41, 5.74) is 8.01. The van der Waals surface area contributed by atoms with Crippen molar-refractivity contribution in [2.75, 3.05) is 45.4 Å². The van der Waals surface area contributed by atoms with E-state index < -0.39 is 0 Å². The summed E-state index contributed by atoms with van der Waals surface area (Å²) < 4.78 is 0. The molecule has 0 atom stereocenters. The number of thiocarbonyl (C=S) groups is 1. The van der Waals surface area contributed by atoms with Crippen LogP contribution in [0.2, 0.25) is 0 Å². The van der Waals surface area contributed by atoms with E-state index in [0.29, 0.717) is 4.99 Å². The zero-order valence-corrected chi connectivity index (χ0v) is 13.8. The van der Waals surface area contributed by atoms with Crippen molar-refractivity contribution in [3.8, 4) is 0 Å². The highest BCUT2D eigenvalue weighted by atomic mass is 32.2. The van der Waals surface area contributed by atoms with Crippen LogP contribution in [0, 0.1) is 0 Å². The van der Waals surface area contributed by atoms with Crippen molar-refractivity contribution in [2.24, 2.45) is 5.73 Å². The molecule has 5 heteroatoms. The molecule has 0 unspecified atom stereocenters. The second-order valence-corrected chi connectivity index (χ2v) is 6.08. The average Bonchev–Trinajstić information content (AvgIpc) is 2.36. The van der Waals surface area contributed by atoms with Gasteiger partial charge in [0, 0.05) is 29.7 Å². The largest absolute Gasteiger partial charge is 0.389 e. The highest BCUT2D eigenvalue weighted by Crippen LogP contribution is 2.29. The van der Waals surface area contributed by atoms with Crippen molar-refractivity contribution in [3.05, 3.63) is 23.8 Å².